The first-order valence-corrected chi connectivity index (χ1v) is 8.41. The van der Waals surface area contributed by atoms with Crippen molar-refractivity contribution in [3.63, 3.8) is 0 Å². The molecule has 0 N–H and O–H groups in total. The quantitative estimate of drug-likeness (QED) is 0.517. The van der Waals surface area contributed by atoms with Crippen LogP contribution in [0, 0.1) is 0 Å². The number of pyridine rings is 1. The minimum Gasteiger partial charge on any atom is -0.494 e. The Morgan fingerprint density at radius 2 is 1.54 bits per heavy atom. The molecule has 0 aliphatic rings. The third-order valence-electron chi connectivity index (χ3n) is 3.86. The summed E-state index contributed by atoms with van der Waals surface area (Å²) in [5.74, 6) is 2.63. The predicted molar refractivity (Wildman–Crippen MR) is 100 cm³/mol. The molecule has 4 rings (SSSR count). The van der Waals surface area contributed by atoms with Crippen molar-refractivity contribution >= 4 is 10.9 Å². The molecule has 5 heteroatoms. The van der Waals surface area contributed by atoms with Gasteiger partial charge in [0, 0.05) is 18.0 Å². The van der Waals surface area contributed by atoms with Gasteiger partial charge in [0.2, 0.25) is 5.88 Å². The normalized spacial score (nSPS) is 10.7. The minimum atomic E-state index is 0.520. The van der Waals surface area contributed by atoms with Crippen LogP contribution in [0.3, 0.4) is 0 Å². The number of nitrogens with zero attached hydrogens (tertiary/aromatic N) is 3. The van der Waals surface area contributed by atoms with E-state index in [1.807, 2.05) is 67.6 Å². The molecule has 0 saturated carbocycles. The van der Waals surface area contributed by atoms with E-state index in [2.05, 4.69) is 15.0 Å². The Labute approximate surface area is 151 Å². The van der Waals surface area contributed by atoms with Gasteiger partial charge in [-0.25, -0.2) is 4.98 Å². The Balaban J connectivity index is 1.75. The first-order chi connectivity index (χ1) is 12.8. The zero-order valence-corrected chi connectivity index (χ0v) is 14.3. The highest BCUT2D eigenvalue weighted by Crippen LogP contribution is 2.30. The second-order valence-electron chi connectivity index (χ2n) is 5.61. The first-order valence-electron chi connectivity index (χ1n) is 8.41. The van der Waals surface area contributed by atoms with E-state index in [1.165, 1.54) is 0 Å². The van der Waals surface area contributed by atoms with Crippen LogP contribution in [0.5, 0.6) is 17.4 Å². The lowest BCUT2D eigenvalue weighted by molar-refractivity contribution is 0.339. The number of rotatable bonds is 5. The average molecular weight is 343 g/mol. The Morgan fingerprint density at radius 1 is 0.808 bits per heavy atom. The van der Waals surface area contributed by atoms with Crippen molar-refractivity contribution in [1.29, 1.82) is 0 Å². The second kappa shape index (κ2) is 7.19. The predicted octanol–water partition coefficient (Wildman–Crippen LogP) is 4.88. The number of fused-ring (bicyclic) bond motifs is 1. The molecule has 26 heavy (non-hydrogen) atoms. The molecule has 4 aromatic rings. The molecule has 2 aromatic heterocycles. The van der Waals surface area contributed by atoms with Gasteiger partial charge in [-0.3, -0.25) is 4.98 Å². The van der Waals surface area contributed by atoms with Crippen molar-refractivity contribution in [3.8, 4) is 28.8 Å². The van der Waals surface area contributed by atoms with E-state index in [9.17, 15) is 0 Å². The number of benzene rings is 2. The molecule has 0 unspecified atom stereocenters. The highest BCUT2D eigenvalue weighted by molar-refractivity contribution is 5.85. The molecule has 5 nitrogen and oxygen atoms in total. The zero-order chi connectivity index (χ0) is 17.8. The van der Waals surface area contributed by atoms with Gasteiger partial charge < -0.3 is 9.47 Å². The summed E-state index contributed by atoms with van der Waals surface area (Å²) in [6.45, 7) is 2.59. The molecule has 128 valence electrons. The van der Waals surface area contributed by atoms with Crippen molar-refractivity contribution in [2.75, 3.05) is 6.61 Å². The molecule has 0 atom stereocenters. The molecule has 0 fully saturated rings. The maximum absolute atomic E-state index is 6.06. The minimum absolute atomic E-state index is 0.520. The van der Waals surface area contributed by atoms with Crippen LogP contribution in [0.1, 0.15) is 6.92 Å². The molecule has 0 radical (unpaired) electrons. The maximum Gasteiger partial charge on any atom is 0.230 e. The van der Waals surface area contributed by atoms with Gasteiger partial charge >= 0.3 is 0 Å². The van der Waals surface area contributed by atoms with Crippen LogP contribution in [0.15, 0.2) is 73.1 Å². The van der Waals surface area contributed by atoms with Crippen LogP contribution in [-0.4, -0.2) is 21.6 Å². The van der Waals surface area contributed by atoms with Gasteiger partial charge in [0.15, 0.2) is 5.82 Å². The molecular formula is C21H17N3O2. The average Bonchev–Trinajstić information content (AvgIpc) is 2.70. The van der Waals surface area contributed by atoms with Crippen molar-refractivity contribution in [1.82, 2.24) is 15.0 Å². The standard InChI is InChI=1S/C21H17N3O2/c1-2-25-16-7-9-17(10-8-16)26-21-18-5-3-4-6-19(18)23-20(24-21)15-11-13-22-14-12-15/h3-14H,2H2,1H3. The van der Waals surface area contributed by atoms with Gasteiger partial charge in [-0.15, -0.1) is 0 Å². The number of ether oxygens (including phenoxy) is 2. The van der Waals surface area contributed by atoms with E-state index >= 15 is 0 Å². The van der Waals surface area contributed by atoms with Crippen LogP contribution in [0.2, 0.25) is 0 Å². The SMILES string of the molecule is CCOc1ccc(Oc2nc(-c3ccncc3)nc3ccccc23)cc1. The van der Waals surface area contributed by atoms with Crippen LogP contribution < -0.4 is 9.47 Å². The lowest BCUT2D eigenvalue weighted by Crippen LogP contribution is -1.96. The van der Waals surface area contributed by atoms with Crippen LogP contribution >= 0.6 is 0 Å². The topological polar surface area (TPSA) is 57.1 Å². The van der Waals surface area contributed by atoms with E-state index in [-0.39, 0.29) is 0 Å². The van der Waals surface area contributed by atoms with E-state index in [4.69, 9.17) is 9.47 Å². The summed E-state index contributed by atoms with van der Waals surface area (Å²) in [5.41, 5.74) is 1.72. The Hall–Kier alpha value is -3.47. The first kappa shape index (κ1) is 16.0. The highest BCUT2D eigenvalue weighted by atomic mass is 16.5. The van der Waals surface area contributed by atoms with Gasteiger partial charge in [-0.2, -0.15) is 4.98 Å². The fourth-order valence-electron chi connectivity index (χ4n) is 2.64. The molecule has 2 aromatic carbocycles. The molecule has 0 aliphatic carbocycles. The van der Waals surface area contributed by atoms with Crippen molar-refractivity contribution < 1.29 is 9.47 Å². The van der Waals surface area contributed by atoms with E-state index in [0.29, 0.717) is 24.1 Å². The van der Waals surface area contributed by atoms with Gasteiger partial charge in [-0.1, -0.05) is 12.1 Å². The van der Waals surface area contributed by atoms with Crippen molar-refractivity contribution in [2.45, 2.75) is 6.92 Å². The summed E-state index contributed by atoms with van der Waals surface area (Å²) in [4.78, 5) is 13.3. The summed E-state index contributed by atoms with van der Waals surface area (Å²) in [5, 5.41) is 0.860. The number of para-hydroxylation sites is 1. The maximum atomic E-state index is 6.06. The lowest BCUT2D eigenvalue weighted by atomic mass is 10.2. The third-order valence-corrected chi connectivity index (χ3v) is 3.86. The lowest BCUT2D eigenvalue weighted by Gasteiger charge is -2.10. The van der Waals surface area contributed by atoms with Gasteiger partial charge in [0.1, 0.15) is 11.5 Å². The Kier molecular flexibility index (Phi) is 4.43. The number of aromatic nitrogens is 3. The van der Waals surface area contributed by atoms with Crippen molar-refractivity contribution in [3.05, 3.63) is 73.1 Å². The zero-order valence-electron chi connectivity index (χ0n) is 14.3. The number of hydrogen-bond donors (Lipinski definition) is 0. The molecule has 0 amide bonds. The van der Waals surface area contributed by atoms with E-state index in [0.717, 1.165) is 22.2 Å². The van der Waals surface area contributed by atoms with Gasteiger partial charge in [0.25, 0.3) is 0 Å². The molecule has 0 saturated heterocycles. The van der Waals surface area contributed by atoms with Crippen molar-refractivity contribution in [2.24, 2.45) is 0 Å². The summed E-state index contributed by atoms with van der Waals surface area (Å²) < 4.78 is 11.5. The van der Waals surface area contributed by atoms with E-state index in [1.54, 1.807) is 12.4 Å². The molecule has 0 aliphatic heterocycles. The van der Waals surface area contributed by atoms with E-state index < -0.39 is 0 Å². The monoisotopic (exact) mass is 343 g/mol. The molecule has 0 spiro atoms. The largest absolute Gasteiger partial charge is 0.494 e. The smallest absolute Gasteiger partial charge is 0.230 e. The highest BCUT2D eigenvalue weighted by Gasteiger charge is 2.11. The molecule has 2 heterocycles. The van der Waals surface area contributed by atoms with Gasteiger partial charge in [0.05, 0.1) is 17.5 Å². The van der Waals surface area contributed by atoms with Crippen LogP contribution in [0.25, 0.3) is 22.3 Å². The fraction of sp³-hybridized carbons (Fsp3) is 0.0952. The number of hydrogen-bond acceptors (Lipinski definition) is 5. The molecular weight excluding hydrogens is 326 g/mol. The second-order valence-corrected chi connectivity index (χ2v) is 5.61. The molecule has 0 bridgehead atoms. The third kappa shape index (κ3) is 3.32. The summed E-state index contributed by atoms with van der Waals surface area (Å²) in [7, 11) is 0. The fourth-order valence-corrected chi connectivity index (χ4v) is 2.64. The van der Waals surface area contributed by atoms with Crippen LogP contribution in [0.4, 0.5) is 0 Å². The Morgan fingerprint density at radius 3 is 2.31 bits per heavy atom. The Bertz CT molecular complexity index is 1020. The summed E-state index contributed by atoms with van der Waals surface area (Å²) in [6, 6.07) is 19.1. The summed E-state index contributed by atoms with van der Waals surface area (Å²) in [6.07, 6.45) is 3.45. The van der Waals surface area contributed by atoms with Gasteiger partial charge in [-0.05, 0) is 55.5 Å². The summed E-state index contributed by atoms with van der Waals surface area (Å²) >= 11 is 0. The van der Waals surface area contributed by atoms with Crippen LogP contribution in [-0.2, 0) is 0 Å².